The molecule has 0 amide bonds. The first-order chi connectivity index (χ1) is 17.4. The van der Waals surface area contributed by atoms with Gasteiger partial charge in [0, 0.05) is 46.1 Å². The van der Waals surface area contributed by atoms with Crippen molar-refractivity contribution in [3.05, 3.63) is 59.3 Å². The molecule has 0 aliphatic carbocycles. The molecule has 9 nitrogen and oxygen atoms in total. The van der Waals surface area contributed by atoms with Crippen molar-refractivity contribution in [3.63, 3.8) is 0 Å². The molecule has 0 saturated heterocycles. The summed E-state index contributed by atoms with van der Waals surface area (Å²) < 4.78 is 19.4. The van der Waals surface area contributed by atoms with E-state index in [0.29, 0.717) is 24.0 Å². The molecule has 0 N–H and O–H groups in total. The molecule has 0 aromatic carbocycles. The first-order valence-corrected chi connectivity index (χ1v) is 11.9. The molecule has 0 bridgehead atoms. The van der Waals surface area contributed by atoms with Crippen molar-refractivity contribution in [1.29, 1.82) is 0 Å². The Bertz CT molecular complexity index is 962. The third-order valence-corrected chi connectivity index (χ3v) is 4.60. The van der Waals surface area contributed by atoms with Crippen molar-refractivity contribution >= 4 is 29.7 Å². The number of hydrogen-bond donors (Lipinski definition) is 0. The fourth-order valence-corrected chi connectivity index (χ4v) is 2.88. The average molecular weight is 519 g/mol. The maximum absolute atomic E-state index is 12.4. The molecular formula is C28H38O9. The van der Waals surface area contributed by atoms with E-state index >= 15 is 0 Å². The van der Waals surface area contributed by atoms with Crippen LogP contribution in [0.15, 0.2) is 59.3 Å². The fourth-order valence-electron chi connectivity index (χ4n) is 2.88. The summed E-state index contributed by atoms with van der Waals surface area (Å²) in [5.74, 6) is -1.98. The highest BCUT2D eigenvalue weighted by Crippen LogP contribution is 2.15. The number of ketones is 1. The van der Waals surface area contributed by atoms with E-state index in [9.17, 15) is 24.0 Å². The van der Waals surface area contributed by atoms with Crippen LogP contribution >= 0.6 is 0 Å². The summed E-state index contributed by atoms with van der Waals surface area (Å²) in [5.41, 5.74) is 3.19. The standard InChI is InChI=1S/C28H38O9/c1-20(10-8-12-26(17-35-23(4)30)13-14-34-22(3)29)9-7-11-21(2)15-28(33)16-27(18-36-24(5)31)19-37-25(6)32/h10-11,13-14,17-18H,7-9,12,15-16,19H2,1-6H3. The van der Waals surface area contributed by atoms with Gasteiger partial charge in [0.2, 0.25) is 0 Å². The zero-order valence-corrected chi connectivity index (χ0v) is 22.6. The molecule has 0 spiro atoms. The number of allylic oxidation sites excluding steroid dienone is 6. The van der Waals surface area contributed by atoms with E-state index in [2.05, 4.69) is 6.08 Å². The zero-order valence-electron chi connectivity index (χ0n) is 22.6. The molecule has 0 fully saturated rings. The van der Waals surface area contributed by atoms with Crippen LogP contribution in [0.3, 0.4) is 0 Å². The van der Waals surface area contributed by atoms with Crippen molar-refractivity contribution in [1.82, 2.24) is 0 Å². The molecule has 37 heavy (non-hydrogen) atoms. The molecule has 0 aromatic heterocycles. The Kier molecular flexibility index (Phi) is 17.5. The van der Waals surface area contributed by atoms with Crippen molar-refractivity contribution in [3.8, 4) is 0 Å². The van der Waals surface area contributed by atoms with E-state index in [1.165, 1.54) is 45.8 Å². The molecule has 9 heteroatoms. The maximum atomic E-state index is 12.4. The highest BCUT2D eigenvalue weighted by atomic mass is 16.5. The molecule has 204 valence electrons. The quantitative estimate of drug-likeness (QED) is 0.0878. The number of esters is 4. The first-order valence-electron chi connectivity index (χ1n) is 11.9. The monoisotopic (exact) mass is 518 g/mol. The molecule has 0 radical (unpaired) electrons. The fraction of sp³-hybridized carbons (Fsp3) is 0.464. The summed E-state index contributed by atoms with van der Waals surface area (Å²) >= 11 is 0. The summed E-state index contributed by atoms with van der Waals surface area (Å²) in [5, 5.41) is 0. The minimum absolute atomic E-state index is 0.0137. The van der Waals surface area contributed by atoms with Crippen LogP contribution in [-0.2, 0) is 42.9 Å². The first kappa shape index (κ1) is 33.2. The predicted molar refractivity (Wildman–Crippen MR) is 137 cm³/mol. The van der Waals surface area contributed by atoms with E-state index in [4.69, 9.17) is 18.9 Å². The highest BCUT2D eigenvalue weighted by molar-refractivity contribution is 5.83. The Balaban J connectivity index is 4.76. The molecule has 0 atom stereocenters. The predicted octanol–water partition coefficient (Wildman–Crippen LogP) is 5.32. The van der Waals surface area contributed by atoms with Gasteiger partial charge in [-0.1, -0.05) is 23.3 Å². The Morgan fingerprint density at radius 3 is 1.78 bits per heavy atom. The smallest absolute Gasteiger partial charge is 0.307 e. The molecule has 0 aliphatic rings. The van der Waals surface area contributed by atoms with Gasteiger partial charge in [0.05, 0.1) is 18.8 Å². The van der Waals surface area contributed by atoms with Crippen LogP contribution in [0.2, 0.25) is 0 Å². The summed E-state index contributed by atoms with van der Waals surface area (Å²) in [7, 11) is 0. The van der Waals surface area contributed by atoms with Crippen LogP contribution < -0.4 is 0 Å². The lowest BCUT2D eigenvalue weighted by Gasteiger charge is -2.08. The van der Waals surface area contributed by atoms with E-state index in [0.717, 1.165) is 24.7 Å². The van der Waals surface area contributed by atoms with Crippen molar-refractivity contribution in [2.24, 2.45) is 0 Å². The SMILES string of the molecule is CC(=O)OC=CC(=COC(C)=O)CCC=C(C)CCC=C(C)CC(=O)CC(=COC(C)=O)COC(C)=O. The average Bonchev–Trinajstić information content (AvgIpc) is 2.78. The van der Waals surface area contributed by atoms with Crippen molar-refractivity contribution in [2.45, 2.75) is 80.1 Å². The minimum atomic E-state index is -0.526. The summed E-state index contributed by atoms with van der Waals surface area (Å²) in [6.45, 7) is 8.88. The van der Waals surface area contributed by atoms with Gasteiger partial charge in [0.25, 0.3) is 0 Å². The zero-order chi connectivity index (χ0) is 28.2. The van der Waals surface area contributed by atoms with Crippen LogP contribution in [0, 0.1) is 0 Å². The molecule has 0 saturated carbocycles. The van der Waals surface area contributed by atoms with Gasteiger partial charge >= 0.3 is 23.9 Å². The molecule has 0 aromatic rings. The van der Waals surface area contributed by atoms with Gasteiger partial charge in [-0.25, -0.2) is 0 Å². The van der Waals surface area contributed by atoms with Gasteiger partial charge in [-0.05, 0) is 51.2 Å². The summed E-state index contributed by atoms with van der Waals surface area (Å²) in [4.78, 5) is 56.5. The third-order valence-electron chi connectivity index (χ3n) is 4.60. The van der Waals surface area contributed by atoms with Gasteiger partial charge in [-0.2, -0.15) is 0 Å². The summed E-state index contributed by atoms with van der Waals surface area (Å²) in [6, 6.07) is 0. The van der Waals surface area contributed by atoms with Gasteiger partial charge in [0.15, 0.2) is 0 Å². The maximum Gasteiger partial charge on any atom is 0.307 e. The molecule has 0 heterocycles. The summed E-state index contributed by atoms with van der Waals surface area (Å²) in [6.07, 6.45) is 12.5. The molecular weight excluding hydrogens is 480 g/mol. The Labute approximate surface area is 218 Å². The second kappa shape index (κ2) is 19.4. The van der Waals surface area contributed by atoms with Gasteiger partial charge in [-0.3, -0.25) is 24.0 Å². The third kappa shape index (κ3) is 21.3. The second-order valence-corrected chi connectivity index (χ2v) is 8.45. The number of carbonyl (C=O) groups is 5. The second-order valence-electron chi connectivity index (χ2n) is 8.45. The topological polar surface area (TPSA) is 122 Å². The van der Waals surface area contributed by atoms with Gasteiger partial charge < -0.3 is 18.9 Å². The molecule has 0 unspecified atom stereocenters. The van der Waals surface area contributed by atoms with Crippen LogP contribution in [0.25, 0.3) is 0 Å². The Morgan fingerprint density at radius 2 is 1.19 bits per heavy atom. The highest BCUT2D eigenvalue weighted by Gasteiger charge is 2.10. The molecule has 0 rings (SSSR count). The van der Waals surface area contributed by atoms with Crippen molar-refractivity contribution in [2.75, 3.05) is 6.61 Å². The van der Waals surface area contributed by atoms with E-state index in [1.54, 1.807) is 6.08 Å². The number of rotatable bonds is 16. The largest absolute Gasteiger partial charge is 0.461 e. The number of carbonyl (C=O) groups excluding carboxylic acids is 5. The molecule has 0 aliphatic heterocycles. The van der Waals surface area contributed by atoms with Crippen LogP contribution in [-0.4, -0.2) is 36.3 Å². The van der Waals surface area contributed by atoms with Crippen molar-refractivity contribution < 1.29 is 42.9 Å². The van der Waals surface area contributed by atoms with E-state index < -0.39 is 23.9 Å². The van der Waals surface area contributed by atoms with Crippen LogP contribution in [0.4, 0.5) is 0 Å². The van der Waals surface area contributed by atoms with Crippen LogP contribution in [0.1, 0.15) is 80.1 Å². The lowest BCUT2D eigenvalue weighted by molar-refractivity contribution is -0.140. The van der Waals surface area contributed by atoms with Gasteiger partial charge in [-0.15, -0.1) is 0 Å². The van der Waals surface area contributed by atoms with Gasteiger partial charge in [0.1, 0.15) is 12.4 Å². The Hall–Kier alpha value is -3.75. The lowest BCUT2D eigenvalue weighted by atomic mass is 10.0. The normalized spacial score (nSPS) is 12.8. The number of hydrogen-bond acceptors (Lipinski definition) is 9. The Morgan fingerprint density at radius 1 is 0.622 bits per heavy atom. The number of ether oxygens (including phenoxy) is 4. The lowest BCUT2D eigenvalue weighted by Crippen LogP contribution is -2.09. The minimum Gasteiger partial charge on any atom is -0.461 e. The van der Waals surface area contributed by atoms with E-state index in [-0.39, 0.29) is 25.2 Å². The number of Topliss-reactive ketones (excluding diaryl/α,β-unsaturated/α-hetero) is 1. The van der Waals surface area contributed by atoms with Crippen LogP contribution in [0.5, 0.6) is 0 Å². The van der Waals surface area contributed by atoms with E-state index in [1.807, 2.05) is 19.9 Å².